The van der Waals surface area contributed by atoms with Crippen molar-refractivity contribution < 1.29 is 13.2 Å². The molecule has 1 aromatic carbocycles. The van der Waals surface area contributed by atoms with Crippen molar-refractivity contribution in [2.24, 2.45) is 0 Å². The molecule has 0 radical (unpaired) electrons. The van der Waals surface area contributed by atoms with E-state index in [0.29, 0.717) is 44.4 Å². The molecule has 0 unspecified atom stereocenters. The third kappa shape index (κ3) is 4.86. The molecule has 1 saturated heterocycles. The number of hydrogen-bond donors (Lipinski definition) is 0. The minimum absolute atomic E-state index is 0.285. The van der Waals surface area contributed by atoms with Crippen molar-refractivity contribution in [3.8, 4) is 11.6 Å². The molecule has 164 valence electrons. The first-order valence-corrected chi connectivity index (χ1v) is 11.8. The monoisotopic (exact) mass is 442 g/mol. The minimum atomic E-state index is -3.54. The molecule has 9 nitrogen and oxygen atoms in total. The number of aromatic nitrogens is 4. The SMILES string of the molecule is CCCCOc1ccc(S(=O)(=O)N2CCN(c3ccc(-n4ccnc4)nn3)CC2)cc1. The van der Waals surface area contributed by atoms with Crippen LogP contribution in [0.15, 0.2) is 60.0 Å². The molecule has 1 fully saturated rings. The third-order valence-corrected chi connectivity index (χ3v) is 7.11. The van der Waals surface area contributed by atoms with Crippen LogP contribution in [0.2, 0.25) is 0 Å². The van der Waals surface area contributed by atoms with E-state index < -0.39 is 10.0 Å². The van der Waals surface area contributed by atoms with E-state index in [1.807, 2.05) is 17.0 Å². The fourth-order valence-corrected chi connectivity index (χ4v) is 4.79. The molecule has 2 aromatic heterocycles. The van der Waals surface area contributed by atoms with Gasteiger partial charge in [0.1, 0.15) is 12.1 Å². The first-order valence-electron chi connectivity index (χ1n) is 10.4. The van der Waals surface area contributed by atoms with Gasteiger partial charge in [-0.25, -0.2) is 13.4 Å². The lowest BCUT2D eigenvalue weighted by Crippen LogP contribution is -2.49. The van der Waals surface area contributed by atoms with Gasteiger partial charge in [-0.05, 0) is 42.8 Å². The lowest BCUT2D eigenvalue weighted by atomic mass is 10.3. The van der Waals surface area contributed by atoms with Crippen LogP contribution in [0.4, 0.5) is 5.82 Å². The highest BCUT2D eigenvalue weighted by atomic mass is 32.2. The molecule has 1 aliphatic rings. The predicted molar refractivity (Wildman–Crippen MR) is 117 cm³/mol. The van der Waals surface area contributed by atoms with Crippen molar-refractivity contribution in [3.05, 3.63) is 55.1 Å². The highest BCUT2D eigenvalue weighted by Crippen LogP contribution is 2.22. The van der Waals surface area contributed by atoms with Gasteiger partial charge in [-0.1, -0.05) is 13.3 Å². The second kappa shape index (κ2) is 9.44. The molecule has 31 heavy (non-hydrogen) atoms. The number of rotatable bonds is 8. The van der Waals surface area contributed by atoms with Crippen LogP contribution in [0.5, 0.6) is 5.75 Å². The van der Waals surface area contributed by atoms with Crippen LogP contribution < -0.4 is 9.64 Å². The smallest absolute Gasteiger partial charge is 0.243 e. The van der Waals surface area contributed by atoms with Crippen molar-refractivity contribution >= 4 is 15.8 Å². The fraction of sp³-hybridized carbons (Fsp3) is 0.381. The van der Waals surface area contributed by atoms with Gasteiger partial charge in [-0.2, -0.15) is 4.31 Å². The van der Waals surface area contributed by atoms with E-state index in [1.165, 1.54) is 4.31 Å². The van der Waals surface area contributed by atoms with Crippen LogP contribution in [0.25, 0.3) is 5.82 Å². The summed E-state index contributed by atoms with van der Waals surface area (Å²) in [6.45, 7) is 4.62. The first kappa shape index (κ1) is 21.3. The van der Waals surface area contributed by atoms with Crippen molar-refractivity contribution in [1.82, 2.24) is 24.1 Å². The van der Waals surface area contributed by atoms with Crippen LogP contribution in [-0.2, 0) is 10.0 Å². The number of imidazole rings is 1. The van der Waals surface area contributed by atoms with Gasteiger partial charge in [0.2, 0.25) is 10.0 Å². The molecule has 0 spiro atoms. The van der Waals surface area contributed by atoms with Gasteiger partial charge in [0.05, 0.1) is 11.5 Å². The molecule has 1 aliphatic heterocycles. The van der Waals surface area contributed by atoms with Crippen LogP contribution >= 0.6 is 0 Å². The van der Waals surface area contributed by atoms with E-state index in [4.69, 9.17) is 4.74 Å². The van der Waals surface area contributed by atoms with Gasteiger partial charge < -0.3 is 9.64 Å². The Kier molecular flexibility index (Phi) is 6.47. The number of hydrogen-bond acceptors (Lipinski definition) is 7. The average Bonchev–Trinajstić information content (AvgIpc) is 3.35. The Morgan fingerprint density at radius 2 is 1.68 bits per heavy atom. The quantitative estimate of drug-likeness (QED) is 0.494. The highest BCUT2D eigenvalue weighted by Gasteiger charge is 2.29. The summed E-state index contributed by atoms with van der Waals surface area (Å²) in [6, 6.07) is 10.4. The van der Waals surface area contributed by atoms with E-state index >= 15 is 0 Å². The van der Waals surface area contributed by atoms with Gasteiger partial charge in [0.15, 0.2) is 11.6 Å². The first-order chi connectivity index (χ1) is 15.1. The molecule has 0 amide bonds. The van der Waals surface area contributed by atoms with Gasteiger partial charge in [-0.15, -0.1) is 10.2 Å². The number of piperazine rings is 1. The largest absolute Gasteiger partial charge is 0.494 e. The third-order valence-electron chi connectivity index (χ3n) is 5.20. The van der Waals surface area contributed by atoms with E-state index in [-0.39, 0.29) is 4.90 Å². The molecular weight excluding hydrogens is 416 g/mol. The molecule has 4 rings (SSSR count). The summed E-state index contributed by atoms with van der Waals surface area (Å²) in [5, 5.41) is 8.52. The summed E-state index contributed by atoms with van der Waals surface area (Å²) in [5.41, 5.74) is 0. The standard InChI is InChI=1S/C21H26N6O3S/c1-2-3-16-30-18-4-6-19(7-5-18)31(28,29)27-14-12-25(13-15-27)20-8-9-21(24-23-20)26-11-10-22-17-26/h4-11,17H,2-3,12-16H2,1H3. The zero-order valence-corrected chi connectivity index (χ0v) is 18.3. The summed E-state index contributed by atoms with van der Waals surface area (Å²) in [4.78, 5) is 6.33. The van der Waals surface area contributed by atoms with E-state index in [1.54, 1.807) is 47.6 Å². The van der Waals surface area contributed by atoms with Gasteiger partial charge in [-0.3, -0.25) is 4.57 Å². The van der Waals surface area contributed by atoms with Crippen LogP contribution in [-0.4, -0.2) is 65.3 Å². The molecule has 0 aliphatic carbocycles. The van der Waals surface area contributed by atoms with E-state index in [0.717, 1.165) is 18.7 Å². The number of sulfonamides is 1. The molecule has 3 aromatic rings. The van der Waals surface area contributed by atoms with Crippen molar-refractivity contribution in [1.29, 1.82) is 0 Å². The number of anilines is 1. The maximum absolute atomic E-state index is 13.0. The second-order valence-corrected chi connectivity index (χ2v) is 9.22. The normalized spacial score (nSPS) is 15.2. The molecule has 0 atom stereocenters. The fourth-order valence-electron chi connectivity index (χ4n) is 3.37. The minimum Gasteiger partial charge on any atom is -0.494 e. The predicted octanol–water partition coefficient (Wildman–Crippen LogP) is 2.35. The second-order valence-electron chi connectivity index (χ2n) is 7.28. The maximum atomic E-state index is 13.0. The lowest BCUT2D eigenvalue weighted by molar-refractivity contribution is 0.309. The van der Waals surface area contributed by atoms with Crippen molar-refractivity contribution in [2.45, 2.75) is 24.7 Å². The topological polar surface area (TPSA) is 93.5 Å². The summed E-state index contributed by atoms with van der Waals surface area (Å²) in [7, 11) is -3.54. The summed E-state index contributed by atoms with van der Waals surface area (Å²) in [6.07, 6.45) is 7.18. The zero-order chi connectivity index (χ0) is 21.7. The molecule has 0 bridgehead atoms. The molecule has 3 heterocycles. The summed E-state index contributed by atoms with van der Waals surface area (Å²) < 4.78 is 34.9. The number of ether oxygens (including phenoxy) is 1. The van der Waals surface area contributed by atoms with Crippen LogP contribution in [0.3, 0.4) is 0 Å². The molecule has 0 saturated carbocycles. The zero-order valence-electron chi connectivity index (χ0n) is 17.5. The van der Waals surface area contributed by atoms with Crippen molar-refractivity contribution in [2.75, 3.05) is 37.7 Å². The molecule has 0 N–H and O–H groups in total. The Balaban J connectivity index is 1.36. The Morgan fingerprint density at radius 3 is 2.29 bits per heavy atom. The summed E-state index contributed by atoms with van der Waals surface area (Å²) >= 11 is 0. The molecular formula is C21H26N6O3S. The molecule has 10 heteroatoms. The van der Waals surface area contributed by atoms with Crippen LogP contribution in [0.1, 0.15) is 19.8 Å². The van der Waals surface area contributed by atoms with E-state index in [9.17, 15) is 8.42 Å². The van der Waals surface area contributed by atoms with Gasteiger partial charge >= 0.3 is 0 Å². The average molecular weight is 443 g/mol. The lowest BCUT2D eigenvalue weighted by Gasteiger charge is -2.34. The van der Waals surface area contributed by atoms with E-state index in [2.05, 4.69) is 22.1 Å². The Labute approximate surface area is 182 Å². The number of unbranched alkanes of at least 4 members (excludes halogenated alkanes) is 1. The highest BCUT2D eigenvalue weighted by molar-refractivity contribution is 7.89. The van der Waals surface area contributed by atoms with Crippen molar-refractivity contribution in [3.63, 3.8) is 0 Å². The number of benzene rings is 1. The van der Waals surface area contributed by atoms with Crippen LogP contribution in [0, 0.1) is 0 Å². The van der Waals surface area contributed by atoms with Gasteiger partial charge in [0.25, 0.3) is 0 Å². The summed E-state index contributed by atoms with van der Waals surface area (Å²) in [5.74, 6) is 2.11. The Hall–Kier alpha value is -2.98. The Bertz CT molecular complexity index is 1060. The maximum Gasteiger partial charge on any atom is 0.243 e. The van der Waals surface area contributed by atoms with Gasteiger partial charge in [0, 0.05) is 38.6 Å². The number of nitrogens with zero attached hydrogens (tertiary/aromatic N) is 6. The Morgan fingerprint density at radius 1 is 0.968 bits per heavy atom.